The molecule has 7 heteroatoms. The summed E-state index contributed by atoms with van der Waals surface area (Å²) in [6, 6.07) is -1.26. The number of carbonyl (C=O) groups excluding carboxylic acids is 3. The molecule has 0 heterocycles. The average molecular weight is 352 g/mol. The summed E-state index contributed by atoms with van der Waals surface area (Å²) in [5.41, 5.74) is 0. The topological polar surface area (TPSA) is 109 Å². The van der Waals surface area contributed by atoms with E-state index in [2.05, 4.69) is 12.2 Å². The Hall–Kier alpha value is -0.824. The van der Waals surface area contributed by atoms with Crippen LogP contribution in [-0.4, -0.2) is 46.9 Å². The molecule has 0 radical (unpaired) electrons. The zero-order valence-electron chi connectivity index (χ0n) is 14.8. The second-order valence-corrected chi connectivity index (χ2v) is 5.93. The monoisotopic (exact) mass is 351 g/mol. The Labute approximate surface area is 160 Å². The molecule has 134 valence electrons. The molecule has 1 amide bonds. The zero-order chi connectivity index (χ0) is 17.5. The molecule has 0 aromatic rings. The Kier molecular flexibility index (Phi) is 18.0. The molecule has 0 saturated heterocycles. The van der Waals surface area contributed by atoms with Gasteiger partial charge in [0.2, 0.25) is 5.91 Å². The maximum Gasteiger partial charge on any atom is 2.00 e. The maximum atomic E-state index is 11.6. The molecule has 0 saturated carbocycles. The Morgan fingerprint density at radius 2 is 1.33 bits per heavy atom. The van der Waals surface area contributed by atoms with Gasteiger partial charge < -0.3 is 25.1 Å². The van der Waals surface area contributed by atoms with Crippen molar-refractivity contribution in [1.82, 2.24) is 5.32 Å². The largest absolute Gasteiger partial charge is 2.00 e. The molecule has 24 heavy (non-hydrogen) atoms. The molecule has 6 nitrogen and oxygen atoms in total. The second kappa shape index (κ2) is 17.0. The molecule has 0 aliphatic rings. The molecule has 0 spiro atoms. The fraction of sp³-hybridized carbons (Fsp3) is 0.824. The molecule has 0 aliphatic carbocycles. The van der Waals surface area contributed by atoms with E-state index >= 15 is 0 Å². The minimum absolute atomic E-state index is 0. The molecule has 0 aliphatic heterocycles. The third kappa shape index (κ3) is 16.0. The number of rotatable bonds is 15. The Bertz CT molecular complexity index is 363. The van der Waals surface area contributed by atoms with E-state index in [1.54, 1.807) is 0 Å². The van der Waals surface area contributed by atoms with Gasteiger partial charge in [0, 0.05) is 12.4 Å². The number of hydrogen-bond acceptors (Lipinski definition) is 5. The van der Waals surface area contributed by atoms with Crippen molar-refractivity contribution in [2.45, 2.75) is 90.0 Å². The normalized spacial score (nSPS) is 11.4. The van der Waals surface area contributed by atoms with Crippen LogP contribution in [0.2, 0.25) is 0 Å². The fourth-order valence-electron chi connectivity index (χ4n) is 2.37. The van der Waals surface area contributed by atoms with Gasteiger partial charge in [0.05, 0.1) is 12.0 Å². The van der Waals surface area contributed by atoms with E-state index in [0.717, 1.165) is 12.8 Å². The predicted octanol–water partition coefficient (Wildman–Crippen LogP) is 0.291. The Morgan fingerprint density at radius 3 is 1.79 bits per heavy atom. The van der Waals surface area contributed by atoms with Gasteiger partial charge in [-0.1, -0.05) is 58.3 Å². The molecular formula is C17H29MgNO5. The number of unbranched alkanes of at least 4 members (excludes halogenated alkanes) is 8. The van der Waals surface area contributed by atoms with E-state index in [4.69, 9.17) is 0 Å². The Morgan fingerprint density at radius 1 is 0.833 bits per heavy atom. The van der Waals surface area contributed by atoms with Crippen LogP contribution in [0.15, 0.2) is 0 Å². The molecule has 0 unspecified atom stereocenters. The molecular weight excluding hydrogens is 322 g/mol. The van der Waals surface area contributed by atoms with Crippen LogP contribution in [0, 0.1) is 0 Å². The van der Waals surface area contributed by atoms with E-state index in [0.29, 0.717) is 6.42 Å². The maximum absolute atomic E-state index is 11.6. The number of carbonyl (C=O) groups is 3. The first kappa shape index (κ1) is 25.4. The molecule has 0 bridgehead atoms. The quantitative estimate of drug-likeness (QED) is 0.337. The number of amides is 1. The van der Waals surface area contributed by atoms with Gasteiger partial charge in [0.15, 0.2) is 0 Å². The van der Waals surface area contributed by atoms with Gasteiger partial charge >= 0.3 is 23.1 Å². The van der Waals surface area contributed by atoms with Crippen molar-refractivity contribution in [1.29, 1.82) is 0 Å². The second-order valence-electron chi connectivity index (χ2n) is 5.93. The number of nitrogens with one attached hydrogen (secondary N) is 1. The zero-order valence-corrected chi connectivity index (χ0v) is 16.2. The van der Waals surface area contributed by atoms with Crippen molar-refractivity contribution in [3.8, 4) is 0 Å². The van der Waals surface area contributed by atoms with E-state index in [9.17, 15) is 24.6 Å². The van der Waals surface area contributed by atoms with Crippen molar-refractivity contribution in [3.05, 3.63) is 0 Å². The molecule has 0 rings (SSSR count). The molecule has 0 aromatic carbocycles. The summed E-state index contributed by atoms with van der Waals surface area (Å²) in [4.78, 5) is 32.8. The van der Waals surface area contributed by atoms with Crippen LogP contribution in [0.3, 0.4) is 0 Å². The minimum Gasteiger partial charge on any atom is -0.550 e. The van der Waals surface area contributed by atoms with E-state index in [-0.39, 0.29) is 41.8 Å². The summed E-state index contributed by atoms with van der Waals surface area (Å²) in [7, 11) is 0. The summed E-state index contributed by atoms with van der Waals surface area (Å²) in [5.74, 6) is -3.18. The van der Waals surface area contributed by atoms with Crippen LogP contribution in [0.4, 0.5) is 0 Å². The van der Waals surface area contributed by atoms with Gasteiger partial charge in [0.25, 0.3) is 0 Å². The molecule has 1 N–H and O–H groups in total. The summed E-state index contributed by atoms with van der Waals surface area (Å²) >= 11 is 0. The number of carboxylic acid groups (broad SMARTS) is 2. The molecule has 0 fully saturated rings. The van der Waals surface area contributed by atoms with Crippen molar-refractivity contribution in [2.75, 3.05) is 0 Å². The first-order valence-electron chi connectivity index (χ1n) is 8.67. The van der Waals surface area contributed by atoms with Gasteiger partial charge in [-0.2, -0.15) is 0 Å². The van der Waals surface area contributed by atoms with E-state index in [1.807, 2.05) is 0 Å². The van der Waals surface area contributed by atoms with E-state index in [1.165, 1.54) is 38.5 Å². The SMILES string of the molecule is CCCCCCCCCCCC(=O)N[C@@H](CCC(=O)[O-])C(=O)[O-].[Mg+2]. The van der Waals surface area contributed by atoms with Gasteiger partial charge in [-0.3, -0.25) is 4.79 Å². The van der Waals surface area contributed by atoms with Crippen molar-refractivity contribution < 1.29 is 24.6 Å². The number of aliphatic carboxylic acids is 2. The predicted molar refractivity (Wildman–Crippen MR) is 88.8 cm³/mol. The molecule has 0 aromatic heterocycles. The summed E-state index contributed by atoms with van der Waals surface area (Å²) in [6.45, 7) is 2.19. The van der Waals surface area contributed by atoms with Crippen molar-refractivity contribution >= 4 is 40.9 Å². The smallest absolute Gasteiger partial charge is 0.550 e. The first-order chi connectivity index (χ1) is 11.0. The first-order valence-corrected chi connectivity index (χ1v) is 8.67. The minimum atomic E-state index is -1.47. The average Bonchev–Trinajstić information content (AvgIpc) is 2.49. The van der Waals surface area contributed by atoms with Crippen molar-refractivity contribution in [2.24, 2.45) is 0 Å². The van der Waals surface area contributed by atoms with Crippen LogP contribution < -0.4 is 15.5 Å². The summed E-state index contributed by atoms with van der Waals surface area (Å²) < 4.78 is 0. The van der Waals surface area contributed by atoms with Crippen molar-refractivity contribution in [3.63, 3.8) is 0 Å². The number of hydrogen-bond donors (Lipinski definition) is 1. The van der Waals surface area contributed by atoms with Crippen LogP contribution >= 0.6 is 0 Å². The Balaban J connectivity index is 0. The number of carboxylic acids is 2. The standard InChI is InChI=1S/C17H31NO5.Mg/c1-2-3-4-5-6-7-8-9-10-11-15(19)18-14(17(22)23)12-13-16(20)21;/h14H,2-13H2,1H3,(H,18,19)(H,20,21)(H,22,23);/q;+2/p-2/t14-;/m0./s1. The third-order valence-electron chi connectivity index (χ3n) is 3.76. The van der Waals surface area contributed by atoms with E-state index < -0.39 is 24.4 Å². The van der Waals surface area contributed by atoms with Gasteiger partial charge in [0.1, 0.15) is 0 Å². The van der Waals surface area contributed by atoms with Gasteiger partial charge in [-0.05, 0) is 19.3 Å². The summed E-state index contributed by atoms with van der Waals surface area (Å²) in [5, 5.41) is 23.5. The van der Waals surface area contributed by atoms with Crippen LogP contribution in [0.1, 0.15) is 84.0 Å². The van der Waals surface area contributed by atoms with Crippen LogP contribution in [0.25, 0.3) is 0 Å². The van der Waals surface area contributed by atoms with Crippen LogP contribution in [-0.2, 0) is 14.4 Å². The third-order valence-corrected chi connectivity index (χ3v) is 3.76. The summed E-state index contributed by atoms with van der Waals surface area (Å²) in [6.07, 6.45) is 9.82. The van der Waals surface area contributed by atoms with Crippen LogP contribution in [0.5, 0.6) is 0 Å². The fourth-order valence-corrected chi connectivity index (χ4v) is 2.37. The van der Waals surface area contributed by atoms with Gasteiger partial charge in [-0.25, -0.2) is 0 Å². The van der Waals surface area contributed by atoms with Gasteiger partial charge in [-0.15, -0.1) is 0 Å². The molecule has 1 atom stereocenters.